The first kappa shape index (κ1) is 13.7. The molecule has 4 atom stereocenters. The van der Waals surface area contributed by atoms with Crippen molar-refractivity contribution in [1.82, 2.24) is 0 Å². The molecular weight excluding hydrogens is 246 g/mol. The van der Waals surface area contributed by atoms with Crippen LogP contribution < -0.4 is 0 Å². The monoisotopic (exact) mass is 267 g/mol. The highest BCUT2D eigenvalue weighted by Gasteiger charge is 2.69. The molecule has 0 aromatic heterocycles. The molecule has 2 fully saturated rings. The van der Waals surface area contributed by atoms with Crippen LogP contribution in [-0.4, -0.2) is 16.3 Å². The molecule has 1 N–H and O–H groups in total. The summed E-state index contributed by atoms with van der Waals surface area (Å²) in [5.41, 5.74) is -0.102. The average molecular weight is 267 g/mol. The van der Waals surface area contributed by atoms with Crippen LogP contribution in [0.4, 0.5) is 0 Å². The molecule has 2 aliphatic carbocycles. The maximum atomic E-state index is 11.5. The van der Waals surface area contributed by atoms with E-state index in [0.29, 0.717) is 5.92 Å². The van der Waals surface area contributed by atoms with Crippen molar-refractivity contribution in [2.24, 2.45) is 22.2 Å². The molecule has 4 heteroatoms. The average Bonchev–Trinajstić information content (AvgIpc) is 2.57. The minimum Gasteiger partial charge on any atom is -0.480 e. The molecule has 0 radical (unpaired) electrons. The van der Waals surface area contributed by atoms with Gasteiger partial charge in [-0.25, -0.2) is 0 Å². The highest BCUT2D eigenvalue weighted by atomic mass is 32.2. The van der Waals surface area contributed by atoms with Crippen molar-refractivity contribution in [3.05, 3.63) is 0 Å². The molecule has 2 saturated carbocycles. The van der Waals surface area contributed by atoms with Crippen molar-refractivity contribution >= 4 is 17.7 Å². The Labute approximate surface area is 113 Å². The van der Waals surface area contributed by atoms with E-state index in [-0.39, 0.29) is 16.2 Å². The SMILES string of the molecule is CC1(C(SC#N)C(=O)O)C[C@H]2CC[C@@]1(C)C2(C)C. The highest BCUT2D eigenvalue weighted by molar-refractivity contribution is 8.05. The number of hydrogen-bond donors (Lipinski definition) is 1. The van der Waals surface area contributed by atoms with E-state index in [0.717, 1.165) is 24.6 Å². The van der Waals surface area contributed by atoms with Gasteiger partial charge in [0.15, 0.2) is 0 Å². The first-order valence-electron chi connectivity index (χ1n) is 6.48. The molecule has 0 aliphatic heterocycles. The number of carboxylic acid groups (broad SMARTS) is 1. The molecule has 2 bridgehead atoms. The van der Waals surface area contributed by atoms with Crippen LogP contribution >= 0.6 is 11.8 Å². The van der Waals surface area contributed by atoms with E-state index in [1.807, 2.05) is 5.40 Å². The molecule has 18 heavy (non-hydrogen) atoms. The Morgan fingerprint density at radius 1 is 1.44 bits per heavy atom. The van der Waals surface area contributed by atoms with E-state index in [2.05, 4.69) is 27.7 Å². The second-order valence-corrected chi connectivity index (χ2v) is 7.73. The smallest absolute Gasteiger partial charge is 0.318 e. The Kier molecular flexibility index (Phi) is 2.98. The molecule has 2 rings (SSSR count). The Morgan fingerprint density at radius 3 is 2.39 bits per heavy atom. The maximum Gasteiger partial charge on any atom is 0.318 e. The van der Waals surface area contributed by atoms with Crippen molar-refractivity contribution in [3.8, 4) is 5.40 Å². The number of hydrogen-bond acceptors (Lipinski definition) is 3. The molecule has 0 aromatic rings. The number of nitriles is 1. The van der Waals surface area contributed by atoms with Crippen LogP contribution in [0.25, 0.3) is 0 Å². The molecule has 0 heterocycles. The number of carbonyl (C=O) groups is 1. The summed E-state index contributed by atoms with van der Waals surface area (Å²) in [6.07, 6.45) is 3.21. The lowest BCUT2D eigenvalue weighted by atomic mass is 9.58. The predicted octanol–water partition coefficient (Wildman–Crippen LogP) is 3.51. The number of thiocyanates is 1. The van der Waals surface area contributed by atoms with Crippen LogP contribution in [0.1, 0.15) is 47.0 Å². The summed E-state index contributed by atoms with van der Waals surface area (Å²) in [4.78, 5) is 11.5. The van der Waals surface area contributed by atoms with Crippen LogP contribution in [0.5, 0.6) is 0 Å². The van der Waals surface area contributed by atoms with Crippen molar-refractivity contribution in [2.75, 3.05) is 0 Å². The zero-order chi connectivity index (χ0) is 13.8. The van der Waals surface area contributed by atoms with Crippen molar-refractivity contribution in [2.45, 2.75) is 52.2 Å². The molecule has 0 saturated heterocycles. The number of nitrogens with zero attached hydrogens (tertiary/aromatic N) is 1. The van der Waals surface area contributed by atoms with Gasteiger partial charge in [-0.15, -0.1) is 0 Å². The van der Waals surface area contributed by atoms with Crippen LogP contribution in [0.2, 0.25) is 0 Å². The van der Waals surface area contributed by atoms with Crippen molar-refractivity contribution < 1.29 is 9.90 Å². The molecule has 0 aromatic carbocycles. The standard InChI is InChI=1S/C14H21NO2S/c1-12(2)9-5-6-14(12,4)13(3,7-9)10(11(16)17)18-8-15/h9-10H,5-7H2,1-4H3,(H,16,17)/t9-,10?,13?,14+/m1/s1. The van der Waals surface area contributed by atoms with E-state index >= 15 is 0 Å². The van der Waals surface area contributed by atoms with Crippen LogP contribution in [0.15, 0.2) is 0 Å². The summed E-state index contributed by atoms with van der Waals surface area (Å²) in [6, 6.07) is 0. The molecule has 0 spiro atoms. The lowest BCUT2D eigenvalue weighted by Gasteiger charge is -2.48. The van der Waals surface area contributed by atoms with E-state index in [4.69, 9.17) is 5.26 Å². The zero-order valence-electron chi connectivity index (χ0n) is 11.5. The van der Waals surface area contributed by atoms with E-state index in [1.165, 1.54) is 6.42 Å². The molecule has 2 unspecified atom stereocenters. The van der Waals surface area contributed by atoms with E-state index in [1.54, 1.807) is 0 Å². The second kappa shape index (κ2) is 3.90. The summed E-state index contributed by atoms with van der Waals surface area (Å²) < 4.78 is 0. The fraction of sp³-hybridized carbons (Fsp3) is 0.857. The van der Waals surface area contributed by atoms with Gasteiger partial charge in [0, 0.05) is 0 Å². The molecular formula is C14H21NO2S. The molecule has 0 amide bonds. The van der Waals surface area contributed by atoms with Gasteiger partial charge in [-0.3, -0.25) is 4.79 Å². The fourth-order valence-corrected chi connectivity index (χ4v) is 5.44. The van der Waals surface area contributed by atoms with Crippen LogP contribution in [0.3, 0.4) is 0 Å². The maximum absolute atomic E-state index is 11.5. The molecule has 2 aliphatic rings. The normalized spacial score (nSPS) is 42.5. The number of aliphatic carboxylic acids is 1. The van der Waals surface area contributed by atoms with Gasteiger partial charge in [0.1, 0.15) is 10.7 Å². The minimum absolute atomic E-state index is 0.0115. The summed E-state index contributed by atoms with van der Waals surface area (Å²) in [5.74, 6) is -0.248. The Morgan fingerprint density at radius 2 is 2.06 bits per heavy atom. The van der Waals surface area contributed by atoms with E-state index in [9.17, 15) is 9.90 Å². The summed E-state index contributed by atoms with van der Waals surface area (Å²) in [6.45, 7) is 8.85. The summed E-state index contributed by atoms with van der Waals surface area (Å²) >= 11 is 0.926. The second-order valence-electron chi connectivity index (χ2n) is 6.84. The van der Waals surface area contributed by atoms with Gasteiger partial charge in [0.25, 0.3) is 0 Å². The summed E-state index contributed by atoms with van der Waals surface area (Å²) in [5, 5.41) is 19.7. The van der Waals surface area contributed by atoms with Gasteiger partial charge < -0.3 is 5.11 Å². The topological polar surface area (TPSA) is 61.1 Å². The Balaban J connectivity index is 2.45. The third-order valence-corrected chi connectivity index (χ3v) is 7.40. The number of fused-ring (bicyclic) bond motifs is 2. The Hall–Kier alpha value is -0.690. The third-order valence-electron chi connectivity index (χ3n) is 6.34. The van der Waals surface area contributed by atoms with E-state index < -0.39 is 11.2 Å². The van der Waals surface area contributed by atoms with Gasteiger partial charge in [0.05, 0.1) is 0 Å². The minimum atomic E-state index is -0.839. The largest absolute Gasteiger partial charge is 0.480 e. The van der Waals surface area contributed by atoms with Gasteiger partial charge >= 0.3 is 5.97 Å². The van der Waals surface area contributed by atoms with Crippen molar-refractivity contribution in [1.29, 1.82) is 5.26 Å². The summed E-state index contributed by atoms with van der Waals surface area (Å²) in [7, 11) is 0. The van der Waals surface area contributed by atoms with Gasteiger partial charge in [-0.2, -0.15) is 5.26 Å². The van der Waals surface area contributed by atoms with Gasteiger partial charge in [0.2, 0.25) is 0 Å². The first-order chi connectivity index (χ1) is 8.20. The Bertz CT molecular complexity index is 428. The van der Waals surface area contributed by atoms with Crippen molar-refractivity contribution in [3.63, 3.8) is 0 Å². The first-order valence-corrected chi connectivity index (χ1v) is 7.36. The van der Waals surface area contributed by atoms with Crippen LogP contribution in [0, 0.1) is 32.8 Å². The zero-order valence-corrected chi connectivity index (χ0v) is 12.3. The highest BCUT2D eigenvalue weighted by Crippen LogP contribution is 2.74. The number of carboxylic acids is 1. The number of thioether (sulfide) groups is 1. The lowest BCUT2D eigenvalue weighted by molar-refractivity contribution is -0.141. The number of rotatable bonds is 3. The van der Waals surface area contributed by atoms with Crippen LogP contribution in [-0.2, 0) is 4.79 Å². The van der Waals surface area contributed by atoms with Gasteiger partial charge in [-0.05, 0) is 53.2 Å². The molecule has 3 nitrogen and oxygen atoms in total. The molecule has 100 valence electrons. The lowest BCUT2D eigenvalue weighted by Crippen LogP contribution is -2.48. The predicted molar refractivity (Wildman–Crippen MR) is 72.0 cm³/mol. The quantitative estimate of drug-likeness (QED) is 0.795. The third kappa shape index (κ3) is 1.40. The van der Waals surface area contributed by atoms with Gasteiger partial charge in [-0.1, -0.05) is 27.7 Å². The fourth-order valence-electron chi connectivity index (χ4n) is 4.61.